The topological polar surface area (TPSA) is 100 Å². The van der Waals surface area contributed by atoms with E-state index in [1.807, 2.05) is 32.0 Å². The van der Waals surface area contributed by atoms with Crippen LogP contribution in [0.5, 0.6) is 5.75 Å². The van der Waals surface area contributed by atoms with Crippen molar-refractivity contribution in [3.8, 4) is 5.75 Å². The number of aliphatic imine (C=N–C) groups is 1. The van der Waals surface area contributed by atoms with Crippen LogP contribution < -0.4 is 15.4 Å². The van der Waals surface area contributed by atoms with Crippen LogP contribution >= 0.6 is 0 Å². The molecule has 0 bridgehead atoms. The highest BCUT2D eigenvalue weighted by atomic mass is 32.2. The van der Waals surface area contributed by atoms with Gasteiger partial charge in [0.25, 0.3) is 5.91 Å². The third-order valence-electron chi connectivity index (χ3n) is 3.83. The summed E-state index contributed by atoms with van der Waals surface area (Å²) in [6.07, 6.45) is 1.74. The molecule has 1 atom stereocenters. The lowest BCUT2D eigenvalue weighted by Gasteiger charge is -2.17. The molecule has 9 heteroatoms. The number of sulfone groups is 1. The maximum absolute atomic E-state index is 11.6. The highest BCUT2D eigenvalue weighted by Gasteiger charge is 2.10. The van der Waals surface area contributed by atoms with Crippen LogP contribution in [0.1, 0.15) is 25.8 Å². The molecule has 0 heterocycles. The molecule has 158 valence electrons. The van der Waals surface area contributed by atoms with E-state index in [2.05, 4.69) is 15.6 Å². The Balaban J connectivity index is 2.68. The second-order valence-corrected chi connectivity index (χ2v) is 9.14. The van der Waals surface area contributed by atoms with E-state index in [0.29, 0.717) is 31.2 Å². The lowest BCUT2D eigenvalue weighted by Crippen LogP contribution is -2.42. The average Bonchev–Trinajstić information content (AvgIpc) is 2.62. The summed E-state index contributed by atoms with van der Waals surface area (Å²) in [5.41, 5.74) is 0.941. The number of nitrogens with one attached hydrogen (secondary N) is 2. The number of carbonyl (C=O) groups is 1. The number of ether oxygens (including phenoxy) is 1. The zero-order valence-electron chi connectivity index (χ0n) is 17.4. The minimum atomic E-state index is -2.99. The SMILES string of the molecule is CCNC(=NCc1cccc(OCC(=O)N(C)C)c1)NC(C)CCS(C)(=O)=O. The van der Waals surface area contributed by atoms with E-state index in [0.717, 1.165) is 5.56 Å². The first kappa shape index (κ1) is 23.7. The highest BCUT2D eigenvalue weighted by molar-refractivity contribution is 7.90. The average molecular weight is 413 g/mol. The molecule has 8 nitrogen and oxygen atoms in total. The predicted octanol–water partition coefficient (Wildman–Crippen LogP) is 1.03. The number of amides is 1. The van der Waals surface area contributed by atoms with Gasteiger partial charge in [-0.2, -0.15) is 0 Å². The summed E-state index contributed by atoms with van der Waals surface area (Å²) in [7, 11) is 0.381. The molecule has 0 aliphatic rings. The highest BCUT2D eigenvalue weighted by Crippen LogP contribution is 2.14. The van der Waals surface area contributed by atoms with Gasteiger partial charge in [-0.05, 0) is 38.0 Å². The minimum absolute atomic E-state index is 0.0121. The fourth-order valence-electron chi connectivity index (χ4n) is 2.19. The maximum atomic E-state index is 11.6. The van der Waals surface area contributed by atoms with Crippen LogP contribution in [0, 0.1) is 0 Å². The Morgan fingerprint density at radius 3 is 2.64 bits per heavy atom. The number of hydrogen-bond acceptors (Lipinski definition) is 5. The van der Waals surface area contributed by atoms with Crippen LogP contribution in [0.4, 0.5) is 0 Å². The first-order valence-electron chi connectivity index (χ1n) is 9.25. The molecule has 0 fully saturated rings. The summed E-state index contributed by atoms with van der Waals surface area (Å²) < 4.78 is 28.2. The maximum Gasteiger partial charge on any atom is 0.259 e. The molecular formula is C19H32N4O4S. The quantitative estimate of drug-likeness (QED) is 0.440. The van der Waals surface area contributed by atoms with Gasteiger partial charge in [-0.1, -0.05) is 12.1 Å². The number of rotatable bonds is 10. The van der Waals surface area contributed by atoms with E-state index in [1.165, 1.54) is 11.2 Å². The summed E-state index contributed by atoms with van der Waals surface area (Å²) in [4.78, 5) is 17.7. The van der Waals surface area contributed by atoms with Gasteiger partial charge in [-0.3, -0.25) is 4.79 Å². The Morgan fingerprint density at radius 2 is 2.04 bits per heavy atom. The number of benzene rings is 1. The summed E-state index contributed by atoms with van der Waals surface area (Å²) in [6, 6.07) is 7.41. The Labute approximate surface area is 168 Å². The molecule has 0 aliphatic heterocycles. The zero-order valence-corrected chi connectivity index (χ0v) is 18.2. The van der Waals surface area contributed by atoms with Gasteiger partial charge in [0.1, 0.15) is 15.6 Å². The first-order chi connectivity index (χ1) is 13.1. The second-order valence-electron chi connectivity index (χ2n) is 6.88. The summed E-state index contributed by atoms with van der Waals surface area (Å²) >= 11 is 0. The van der Waals surface area contributed by atoms with Crippen LogP contribution in [-0.2, 0) is 21.2 Å². The van der Waals surface area contributed by atoms with Gasteiger partial charge in [0, 0.05) is 32.9 Å². The van der Waals surface area contributed by atoms with Gasteiger partial charge in [0.05, 0.1) is 12.3 Å². The van der Waals surface area contributed by atoms with Crippen LogP contribution in [0.2, 0.25) is 0 Å². The molecule has 28 heavy (non-hydrogen) atoms. The summed E-state index contributed by atoms with van der Waals surface area (Å²) in [5, 5.41) is 6.38. The van der Waals surface area contributed by atoms with Crippen molar-refractivity contribution in [2.75, 3.05) is 39.3 Å². The third-order valence-corrected chi connectivity index (χ3v) is 4.81. The summed E-state index contributed by atoms with van der Waals surface area (Å²) in [6.45, 7) is 5.00. The van der Waals surface area contributed by atoms with E-state index in [9.17, 15) is 13.2 Å². The Morgan fingerprint density at radius 1 is 1.32 bits per heavy atom. The standard InChI is InChI=1S/C19H32N4O4S/c1-6-20-19(22-15(2)10-11-28(5,25)26)21-13-16-8-7-9-17(12-16)27-14-18(24)23(3)4/h7-9,12,15H,6,10-11,13-14H2,1-5H3,(H2,20,21,22). The van der Waals surface area contributed by atoms with Crippen LogP contribution in [0.3, 0.4) is 0 Å². The van der Waals surface area contributed by atoms with Gasteiger partial charge in [-0.25, -0.2) is 13.4 Å². The fraction of sp³-hybridized carbons (Fsp3) is 0.579. The molecule has 1 unspecified atom stereocenters. The number of hydrogen-bond donors (Lipinski definition) is 2. The molecular weight excluding hydrogens is 380 g/mol. The summed E-state index contributed by atoms with van der Waals surface area (Å²) in [5.74, 6) is 1.26. The molecule has 0 aliphatic carbocycles. The lowest BCUT2D eigenvalue weighted by molar-refractivity contribution is -0.130. The van der Waals surface area contributed by atoms with E-state index in [1.54, 1.807) is 20.2 Å². The normalized spacial score (nSPS) is 13.0. The van der Waals surface area contributed by atoms with Crippen molar-refractivity contribution < 1.29 is 17.9 Å². The largest absolute Gasteiger partial charge is 0.484 e. The molecule has 1 amide bonds. The Bertz CT molecular complexity index is 763. The molecule has 1 aromatic carbocycles. The minimum Gasteiger partial charge on any atom is -0.484 e. The molecule has 0 radical (unpaired) electrons. The molecule has 1 aromatic rings. The molecule has 1 rings (SSSR count). The molecule has 0 spiro atoms. The van der Waals surface area contributed by atoms with Crippen LogP contribution in [0.15, 0.2) is 29.3 Å². The number of likely N-dealkylation sites (N-methyl/N-ethyl adjacent to an activating group) is 1. The first-order valence-corrected chi connectivity index (χ1v) is 11.3. The van der Waals surface area contributed by atoms with Crippen molar-refractivity contribution in [2.45, 2.75) is 32.9 Å². The van der Waals surface area contributed by atoms with E-state index in [4.69, 9.17) is 4.74 Å². The Hall–Kier alpha value is -2.29. The van der Waals surface area contributed by atoms with E-state index >= 15 is 0 Å². The Kier molecular flexibility index (Phi) is 9.78. The smallest absolute Gasteiger partial charge is 0.259 e. The van der Waals surface area contributed by atoms with Crippen molar-refractivity contribution in [1.82, 2.24) is 15.5 Å². The molecule has 2 N–H and O–H groups in total. The monoisotopic (exact) mass is 412 g/mol. The second kappa shape index (κ2) is 11.5. The van der Waals surface area contributed by atoms with Crippen molar-refractivity contribution in [3.05, 3.63) is 29.8 Å². The van der Waals surface area contributed by atoms with Crippen molar-refractivity contribution in [3.63, 3.8) is 0 Å². The van der Waals surface area contributed by atoms with Crippen molar-refractivity contribution in [2.24, 2.45) is 4.99 Å². The number of carbonyl (C=O) groups excluding carboxylic acids is 1. The molecule has 0 saturated carbocycles. The van der Waals surface area contributed by atoms with Gasteiger partial charge in [-0.15, -0.1) is 0 Å². The van der Waals surface area contributed by atoms with E-state index < -0.39 is 9.84 Å². The van der Waals surface area contributed by atoms with Gasteiger partial charge in [0.2, 0.25) is 0 Å². The fourth-order valence-corrected chi connectivity index (χ4v) is 2.98. The molecule has 0 saturated heterocycles. The van der Waals surface area contributed by atoms with Crippen LogP contribution in [0.25, 0.3) is 0 Å². The number of guanidine groups is 1. The van der Waals surface area contributed by atoms with Crippen LogP contribution in [-0.4, -0.2) is 70.5 Å². The van der Waals surface area contributed by atoms with Crippen molar-refractivity contribution in [1.29, 1.82) is 0 Å². The van der Waals surface area contributed by atoms with Gasteiger partial charge >= 0.3 is 0 Å². The predicted molar refractivity (Wildman–Crippen MR) is 112 cm³/mol. The zero-order chi connectivity index (χ0) is 21.2. The molecule has 0 aromatic heterocycles. The number of nitrogens with zero attached hydrogens (tertiary/aromatic N) is 2. The lowest BCUT2D eigenvalue weighted by atomic mass is 10.2. The van der Waals surface area contributed by atoms with Crippen molar-refractivity contribution >= 4 is 21.7 Å². The van der Waals surface area contributed by atoms with Gasteiger partial charge < -0.3 is 20.3 Å². The van der Waals surface area contributed by atoms with E-state index in [-0.39, 0.29) is 24.3 Å². The van der Waals surface area contributed by atoms with Gasteiger partial charge in [0.15, 0.2) is 12.6 Å². The third kappa shape index (κ3) is 10.1.